The van der Waals surface area contributed by atoms with Crippen molar-refractivity contribution in [3.05, 3.63) is 84.2 Å². The second kappa shape index (κ2) is 7.09. The number of aryl methyl sites for hydroxylation is 1. The number of fused-ring (bicyclic) bond motifs is 1. The van der Waals surface area contributed by atoms with E-state index in [9.17, 15) is 18.0 Å². The van der Waals surface area contributed by atoms with Crippen LogP contribution in [0.15, 0.2) is 73.1 Å². The van der Waals surface area contributed by atoms with E-state index < -0.39 is 11.7 Å². The Kier molecular flexibility index (Phi) is 4.58. The van der Waals surface area contributed by atoms with E-state index in [1.54, 1.807) is 36.7 Å². The number of para-hydroxylation sites is 1. The van der Waals surface area contributed by atoms with Crippen molar-refractivity contribution in [1.82, 2.24) is 9.55 Å². The van der Waals surface area contributed by atoms with Crippen LogP contribution in [0.4, 0.5) is 18.9 Å². The number of anilines is 1. The summed E-state index contributed by atoms with van der Waals surface area (Å²) in [6, 6.07) is 17.0. The molecule has 0 aliphatic rings. The third-order valence-electron chi connectivity index (χ3n) is 4.70. The summed E-state index contributed by atoms with van der Waals surface area (Å²) in [6.07, 6.45) is -2.74. The van der Waals surface area contributed by atoms with Gasteiger partial charge in [-0.3, -0.25) is 4.79 Å². The zero-order valence-corrected chi connectivity index (χ0v) is 15.4. The molecule has 0 saturated carbocycles. The molecule has 0 radical (unpaired) electrons. The maximum atomic E-state index is 13.0. The van der Waals surface area contributed by atoms with Gasteiger partial charge in [0.25, 0.3) is 5.91 Å². The van der Waals surface area contributed by atoms with Crippen molar-refractivity contribution in [2.24, 2.45) is 7.05 Å². The monoisotopic (exact) mass is 395 g/mol. The summed E-state index contributed by atoms with van der Waals surface area (Å²) in [4.78, 5) is 17.3. The molecule has 4 nitrogen and oxygen atoms in total. The summed E-state index contributed by atoms with van der Waals surface area (Å²) in [5.74, 6) is -0.362. The number of amides is 1. The number of nitrogens with one attached hydrogen (secondary N) is 1. The van der Waals surface area contributed by atoms with E-state index in [0.717, 1.165) is 17.6 Å². The Balaban J connectivity index is 1.68. The van der Waals surface area contributed by atoms with Gasteiger partial charge in [-0.1, -0.05) is 36.4 Å². The molecule has 0 saturated heterocycles. The first-order chi connectivity index (χ1) is 13.8. The van der Waals surface area contributed by atoms with Crippen molar-refractivity contribution in [3.8, 4) is 11.1 Å². The number of carbonyl (C=O) groups excluding carboxylic acids is 1. The van der Waals surface area contributed by atoms with Crippen LogP contribution in [0, 0.1) is 0 Å². The number of alkyl halides is 3. The number of nitrogens with zero attached hydrogens (tertiary/aromatic N) is 2. The summed E-state index contributed by atoms with van der Waals surface area (Å²) >= 11 is 0. The Bertz CT molecular complexity index is 1190. The first kappa shape index (κ1) is 18.7. The van der Waals surface area contributed by atoms with Crippen molar-refractivity contribution in [3.63, 3.8) is 0 Å². The Hall–Kier alpha value is -3.61. The molecule has 0 aliphatic heterocycles. The molecule has 1 aromatic heterocycles. The van der Waals surface area contributed by atoms with E-state index >= 15 is 0 Å². The molecule has 1 amide bonds. The Morgan fingerprint density at radius 2 is 1.69 bits per heavy atom. The first-order valence-electron chi connectivity index (χ1n) is 8.82. The minimum Gasteiger partial charge on any atom is -0.334 e. The third kappa shape index (κ3) is 3.59. The lowest BCUT2D eigenvalue weighted by molar-refractivity contribution is -0.137. The number of benzene rings is 3. The first-order valence-corrected chi connectivity index (χ1v) is 8.82. The van der Waals surface area contributed by atoms with Gasteiger partial charge in [-0.2, -0.15) is 13.2 Å². The highest BCUT2D eigenvalue weighted by atomic mass is 19.4. The zero-order chi connectivity index (χ0) is 20.6. The van der Waals surface area contributed by atoms with Crippen LogP contribution in [-0.4, -0.2) is 15.5 Å². The maximum absolute atomic E-state index is 13.0. The molecule has 1 N–H and O–H groups in total. The molecule has 0 spiro atoms. The normalized spacial score (nSPS) is 11.6. The van der Waals surface area contributed by atoms with E-state index in [2.05, 4.69) is 10.3 Å². The summed E-state index contributed by atoms with van der Waals surface area (Å²) in [7, 11) is 1.86. The zero-order valence-electron chi connectivity index (χ0n) is 15.4. The van der Waals surface area contributed by atoms with Crippen LogP contribution in [0.1, 0.15) is 15.9 Å². The van der Waals surface area contributed by atoms with Crippen LogP contribution in [0.3, 0.4) is 0 Å². The highest BCUT2D eigenvalue weighted by Crippen LogP contribution is 2.32. The molecule has 4 rings (SSSR count). The van der Waals surface area contributed by atoms with Crippen molar-refractivity contribution in [2.45, 2.75) is 6.18 Å². The maximum Gasteiger partial charge on any atom is 0.416 e. The highest BCUT2D eigenvalue weighted by Gasteiger charge is 2.30. The van der Waals surface area contributed by atoms with E-state index in [0.29, 0.717) is 27.9 Å². The predicted octanol–water partition coefficient (Wildman–Crippen LogP) is 5.51. The van der Waals surface area contributed by atoms with Crippen molar-refractivity contribution in [2.75, 3.05) is 5.32 Å². The highest BCUT2D eigenvalue weighted by molar-refractivity contribution is 6.11. The average Bonchev–Trinajstić information content (AvgIpc) is 3.09. The number of hydrogen-bond acceptors (Lipinski definition) is 2. The summed E-state index contributed by atoms with van der Waals surface area (Å²) < 4.78 is 40.3. The van der Waals surface area contributed by atoms with E-state index in [-0.39, 0.29) is 5.91 Å². The second-order valence-corrected chi connectivity index (χ2v) is 6.60. The number of rotatable bonds is 3. The smallest absolute Gasteiger partial charge is 0.334 e. The van der Waals surface area contributed by atoms with Gasteiger partial charge in [-0.05, 0) is 41.5 Å². The van der Waals surface area contributed by atoms with Gasteiger partial charge in [0.2, 0.25) is 0 Å². The fourth-order valence-electron chi connectivity index (χ4n) is 3.22. The Morgan fingerprint density at radius 1 is 0.966 bits per heavy atom. The number of hydrogen-bond donors (Lipinski definition) is 1. The SMILES string of the molecule is Cn1cnc2c(NC(=O)c3ccccc3-c3ccc(C(F)(F)F)cc3)cccc21. The number of halogens is 3. The molecule has 1 heterocycles. The lowest BCUT2D eigenvalue weighted by Crippen LogP contribution is -2.13. The van der Waals surface area contributed by atoms with Gasteiger partial charge in [0.1, 0.15) is 5.52 Å². The van der Waals surface area contributed by atoms with Gasteiger partial charge in [0.05, 0.1) is 23.1 Å². The molecule has 0 atom stereocenters. The van der Waals surface area contributed by atoms with Crippen molar-refractivity contribution in [1.29, 1.82) is 0 Å². The van der Waals surface area contributed by atoms with Gasteiger partial charge in [-0.15, -0.1) is 0 Å². The third-order valence-corrected chi connectivity index (χ3v) is 4.70. The van der Waals surface area contributed by atoms with Gasteiger partial charge in [0.15, 0.2) is 0 Å². The standard InChI is InChI=1S/C22H16F3N3O/c1-28-13-26-20-18(7-4-8-19(20)28)27-21(29)17-6-3-2-5-16(17)14-9-11-15(12-10-14)22(23,24)25/h2-13H,1H3,(H,27,29). The molecule has 0 unspecified atom stereocenters. The van der Waals surface area contributed by atoms with Gasteiger partial charge < -0.3 is 9.88 Å². The minimum atomic E-state index is -4.41. The summed E-state index contributed by atoms with van der Waals surface area (Å²) in [5, 5.41) is 2.87. The number of imidazole rings is 1. The topological polar surface area (TPSA) is 46.9 Å². The second-order valence-electron chi connectivity index (χ2n) is 6.60. The largest absolute Gasteiger partial charge is 0.416 e. The van der Waals surface area contributed by atoms with Crippen LogP contribution in [-0.2, 0) is 13.2 Å². The average molecular weight is 395 g/mol. The van der Waals surface area contributed by atoms with Gasteiger partial charge in [-0.25, -0.2) is 4.98 Å². The number of aromatic nitrogens is 2. The van der Waals surface area contributed by atoms with Crippen LogP contribution in [0.25, 0.3) is 22.2 Å². The minimum absolute atomic E-state index is 0.361. The molecule has 29 heavy (non-hydrogen) atoms. The van der Waals surface area contributed by atoms with E-state index in [1.165, 1.54) is 12.1 Å². The fourth-order valence-corrected chi connectivity index (χ4v) is 3.22. The molecule has 7 heteroatoms. The van der Waals surface area contributed by atoms with Crippen LogP contribution in [0.5, 0.6) is 0 Å². The number of carbonyl (C=O) groups is 1. The van der Waals surface area contributed by atoms with Crippen LogP contribution < -0.4 is 5.32 Å². The lowest BCUT2D eigenvalue weighted by atomic mass is 9.98. The quantitative estimate of drug-likeness (QED) is 0.497. The predicted molar refractivity (Wildman–Crippen MR) is 106 cm³/mol. The van der Waals surface area contributed by atoms with Gasteiger partial charge in [0, 0.05) is 12.6 Å². The molecule has 0 bridgehead atoms. The molecular weight excluding hydrogens is 379 g/mol. The van der Waals surface area contributed by atoms with E-state index in [4.69, 9.17) is 0 Å². The summed E-state index contributed by atoms with van der Waals surface area (Å²) in [5.41, 5.74) is 2.81. The molecule has 146 valence electrons. The summed E-state index contributed by atoms with van der Waals surface area (Å²) in [6.45, 7) is 0. The fraction of sp³-hybridized carbons (Fsp3) is 0.0909. The van der Waals surface area contributed by atoms with Crippen molar-refractivity contribution >= 4 is 22.6 Å². The van der Waals surface area contributed by atoms with Crippen molar-refractivity contribution < 1.29 is 18.0 Å². The van der Waals surface area contributed by atoms with Crippen LogP contribution >= 0.6 is 0 Å². The molecule has 0 fully saturated rings. The molecule has 4 aromatic rings. The molecule has 3 aromatic carbocycles. The van der Waals surface area contributed by atoms with E-state index in [1.807, 2.05) is 23.7 Å². The molecule has 0 aliphatic carbocycles. The Labute approximate surface area is 164 Å². The van der Waals surface area contributed by atoms with Crippen LogP contribution in [0.2, 0.25) is 0 Å². The molecular formula is C22H16F3N3O. The lowest BCUT2D eigenvalue weighted by Gasteiger charge is -2.12. The van der Waals surface area contributed by atoms with Gasteiger partial charge >= 0.3 is 6.18 Å². The Morgan fingerprint density at radius 3 is 2.41 bits per heavy atom.